The molecule has 4 nitrogen and oxygen atoms in total. The molecular formula is C11H14ClF3N2O2S. The zero-order valence-corrected chi connectivity index (χ0v) is 12.2. The molecule has 1 heterocycles. The monoisotopic (exact) mass is 330 g/mol. The highest BCUT2D eigenvalue weighted by molar-refractivity contribution is 7.89. The molecule has 0 aromatic heterocycles. The molecule has 1 aromatic carbocycles. The fourth-order valence-corrected chi connectivity index (χ4v) is 3.54. The van der Waals surface area contributed by atoms with Crippen molar-refractivity contribution < 1.29 is 21.6 Å². The van der Waals surface area contributed by atoms with Crippen molar-refractivity contribution in [2.24, 2.45) is 0 Å². The summed E-state index contributed by atoms with van der Waals surface area (Å²) in [5, 5.41) is 3.04. The number of sulfonamides is 1. The van der Waals surface area contributed by atoms with E-state index in [0.29, 0.717) is 12.6 Å². The zero-order valence-electron chi connectivity index (χ0n) is 10.6. The van der Waals surface area contributed by atoms with Crippen LogP contribution in [0.4, 0.5) is 13.2 Å². The van der Waals surface area contributed by atoms with Crippen LogP contribution in [0.15, 0.2) is 17.0 Å². The third-order valence-electron chi connectivity index (χ3n) is 2.92. The maximum atomic E-state index is 13.6. The van der Waals surface area contributed by atoms with Crippen LogP contribution in [-0.4, -0.2) is 38.4 Å². The molecule has 20 heavy (non-hydrogen) atoms. The Balaban J connectivity index is 0.00000200. The molecule has 9 heteroatoms. The highest BCUT2D eigenvalue weighted by atomic mass is 35.5. The van der Waals surface area contributed by atoms with Crippen molar-refractivity contribution in [1.82, 2.24) is 9.62 Å². The summed E-state index contributed by atoms with van der Waals surface area (Å²) >= 11 is 0. The van der Waals surface area contributed by atoms with Crippen LogP contribution in [0.3, 0.4) is 0 Å². The van der Waals surface area contributed by atoms with E-state index in [2.05, 4.69) is 5.32 Å². The van der Waals surface area contributed by atoms with E-state index >= 15 is 0 Å². The van der Waals surface area contributed by atoms with Crippen LogP contribution < -0.4 is 5.32 Å². The Labute approximate surface area is 121 Å². The summed E-state index contributed by atoms with van der Waals surface area (Å²) in [6, 6.07) is 0.539. The summed E-state index contributed by atoms with van der Waals surface area (Å²) in [5.41, 5.74) is 0. The first-order chi connectivity index (χ1) is 8.82. The number of nitrogens with zero attached hydrogens (tertiary/aromatic N) is 1. The summed E-state index contributed by atoms with van der Waals surface area (Å²) in [6.07, 6.45) is 0. The SMILES string of the molecule is CC1CN(S(=O)(=O)c2cc(F)c(F)cc2F)CCN1.Cl. The standard InChI is InChI=1S/C11H13F3N2O2S.ClH/c1-7-6-16(3-2-15-7)19(17,18)11-5-9(13)8(12)4-10(11)14;/h4-5,7,15H,2-3,6H2,1H3;1H. The number of halogens is 4. The van der Waals surface area contributed by atoms with Gasteiger partial charge in [0.05, 0.1) is 0 Å². The van der Waals surface area contributed by atoms with Gasteiger partial charge in [-0.15, -0.1) is 12.4 Å². The van der Waals surface area contributed by atoms with E-state index in [9.17, 15) is 21.6 Å². The van der Waals surface area contributed by atoms with Crippen LogP contribution >= 0.6 is 12.4 Å². The largest absolute Gasteiger partial charge is 0.312 e. The van der Waals surface area contributed by atoms with Crippen molar-refractivity contribution in [3.05, 3.63) is 29.6 Å². The average molecular weight is 331 g/mol. The van der Waals surface area contributed by atoms with Crippen LogP contribution in [0.2, 0.25) is 0 Å². The number of nitrogens with one attached hydrogen (secondary N) is 1. The zero-order chi connectivity index (χ0) is 14.2. The van der Waals surface area contributed by atoms with Gasteiger partial charge in [0.2, 0.25) is 10.0 Å². The molecule has 0 radical (unpaired) electrons. The Morgan fingerprint density at radius 2 is 1.80 bits per heavy atom. The number of hydrogen-bond acceptors (Lipinski definition) is 3. The number of rotatable bonds is 2. The maximum Gasteiger partial charge on any atom is 0.246 e. The van der Waals surface area contributed by atoms with Gasteiger partial charge < -0.3 is 5.32 Å². The minimum absolute atomic E-state index is 0. The highest BCUT2D eigenvalue weighted by Gasteiger charge is 2.31. The lowest BCUT2D eigenvalue weighted by molar-refractivity contribution is 0.309. The van der Waals surface area contributed by atoms with Crippen LogP contribution in [-0.2, 0) is 10.0 Å². The van der Waals surface area contributed by atoms with Crippen molar-refractivity contribution >= 4 is 22.4 Å². The number of hydrogen-bond donors (Lipinski definition) is 1. The Kier molecular flexibility index (Phi) is 5.42. The number of piperazine rings is 1. The van der Waals surface area contributed by atoms with Crippen molar-refractivity contribution in [1.29, 1.82) is 0 Å². The van der Waals surface area contributed by atoms with Gasteiger partial charge in [-0.1, -0.05) is 0 Å². The molecule has 1 saturated heterocycles. The topological polar surface area (TPSA) is 49.4 Å². The van der Waals surface area contributed by atoms with E-state index in [1.54, 1.807) is 6.92 Å². The van der Waals surface area contributed by atoms with Crippen LogP contribution in [0.25, 0.3) is 0 Å². The van der Waals surface area contributed by atoms with E-state index < -0.39 is 32.4 Å². The van der Waals surface area contributed by atoms with Gasteiger partial charge in [0.15, 0.2) is 11.6 Å². The Hall–Kier alpha value is -0.830. The molecule has 1 aliphatic rings. The van der Waals surface area contributed by atoms with Gasteiger partial charge in [-0.05, 0) is 13.0 Å². The lowest BCUT2D eigenvalue weighted by Crippen LogP contribution is -2.51. The highest BCUT2D eigenvalue weighted by Crippen LogP contribution is 2.23. The minimum atomic E-state index is -4.15. The normalized spacial score (nSPS) is 20.5. The molecule has 0 amide bonds. The predicted octanol–water partition coefficient (Wildman–Crippen LogP) is 1.51. The molecule has 1 atom stereocenters. The Morgan fingerprint density at radius 3 is 2.40 bits per heavy atom. The van der Waals surface area contributed by atoms with Gasteiger partial charge in [-0.3, -0.25) is 0 Å². The second-order valence-electron chi connectivity index (χ2n) is 4.41. The molecule has 0 spiro atoms. The Morgan fingerprint density at radius 1 is 1.20 bits per heavy atom. The molecule has 1 aromatic rings. The molecule has 1 N–H and O–H groups in total. The molecular weight excluding hydrogens is 317 g/mol. The first-order valence-electron chi connectivity index (χ1n) is 5.70. The van der Waals surface area contributed by atoms with Crippen LogP contribution in [0, 0.1) is 17.5 Å². The second-order valence-corrected chi connectivity index (χ2v) is 6.32. The predicted molar refractivity (Wildman–Crippen MR) is 69.8 cm³/mol. The summed E-state index contributed by atoms with van der Waals surface area (Å²) in [5.74, 6) is -4.08. The van der Waals surface area contributed by atoms with Gasteiger partial charge in [0, 0.05) is 31.7 Å². The minimum Gasteiger partial charge on any atom is -0.312 e. The van der Waals surface area contributed by atoms with Gasteiger partial charge in [-0.25, -0.2) is 21.6 Å². The lowest BCUT2D eigenvalue weighted by Gasteiger charge is -2.31. The van der Waals surface area contributed by atoms with Crippen LogP contribution in [0.1, 0.15) is 6.92 Å². The van der Waals surface area contributed by atoms with Crippen molar-refractivity contribution in [2.75, 3.05) is 19.6 Å². The second kappa shape index (κ2) is 6.30. The molecule has 114 valence electrons. The molecule has 0 aliphatic carbocycles. The van der Waals surface area contributed by atoms with Gasteiger partial charge in [0.25, 0.3) is 0 Å². The average Bonchev–Trinajstić information content (AvgIpc) is 2.33. The summed E-state index contributed by atoms with van der Waals surface area (Å²) in [6.45, 7) is 2.51. The van der Waals surface area contributed by atoms with E-state index in [0.717, 1.165) is 4.31 Å². The van der Waals surface area contributed by atoms with Crippen molar-refractivity contribution in [2.45, 2.75) is 17.9 Å². The lowest BCUT2D eigenvalue weighted by atomic mass is 10.3. The molecule has 1 unspecified atom stereocenters. The number of benzene rings is 1. The van der Waals surface area contributed by atoms with Gasteiger partial charge in [-0.2, -0.15) is 4.31 Å². The van der Waals surface area contributed by atoms with E-state index in [1.165, 1.54) is 0 Å². The third kappa shape index (κ3) is 3.25. The smallest absolute Gasteiger partial charge is 0.246 e. The van der Waals surface area contributed by atoms with Gasteiger partial charge in [0.1, 0.15) is 10.7 Å². The summed E-state index contributed by atoms with van der Waals surface area (Å²) in [4.78, 5) is -0.833. The first-order valence-corrected chi connectivity index (χ1v) is 7.14. The molecule has 0 saturated carbocycles. The summed E-state index contributed by atoms with van der Waals surface area (Å²) in [7, 11) is -4.15. The molecule has 1 fully saturated rings. The fraction of sp³-hybridized carbons (Fsp3) is 0.455. The van der Waals surface area contributed by atoms with E-state index in [-0.39, 0.29) is 37.6 Å². The molecule has 0 bridgehead atoms. The fourth-order valence-electron chi connectivity index (χ4n) is 1.96. The molecule has 1 aliphatic heterocycles. The first kappa shape index (κ1) is 17.2. The third-order valence-corrected chi connectivity index (χ3v) is 4.80. The van der Waals surface area contributed by atoms with Crippen molar-refractivity contribution in [3.63, 3.8) is 0 Å². The van der Waals surface area contributed by atoms with Crippen LogP contribution in [0.5, 0.6) is 0 Å². The van der Waals surface area contributed by atoms with Gasteiger partial charge >= 0.3 is 0 Å². The van der Waals surface area contributed by atoms with E-state index in [1.807, 2.05) is 0 Å². The summed E-state index contributed by atoms with van der Waals surface area (Å²) < 4.78 is 64.9. The maximum absolute atomic E-state index is 13.6. The Bertz CT molecular complexity index is 598. The quantitative estimate of drug-likeness (QED) is 0.836. The van der Waals surface area contributed by atoms with Crippen molar-refractivity contribution in [3.8, 4) is 0 Å². The molecule has 2 rings (SSSR count). The van der Waals surface area contributed by atoms with E-state index in [4.69, 9.17) is 0 Å².